The van der Waals surface area contributed by atoms with Crippen LogP contribution in [-0.4, -0.2) is 36.6 Å². The van der Waals surface area contributed by atoms with Crippen LogP contribution in [0.4, 0.5) is 0 Å². The highest BCUT2D eigenvalue weighted by molar-refractivity contribution is 6.50. The summed E-state index contributed by atoms with van der Waals surface area (Å²) in [6.45, 7) is 17.8. The minimum Gasteiger partial charge on any atom is -0.403 e. The van der Waals surface area contributed by atoms with Crippen LogP contribution in [0, 0.1) is 11.3 Å². The van der Waals surface area contributed by atoms with E-state index in [9.17, 15) is 0 Å². The van der Waals surface area contributed by atoms with Gasteiger partial charge in [0.05, 0.1) is 11.2 Å². The third-order valence-corrected chi connectivity index (χ3v) is 7.11. The molecule has 1 saturated heterocycles. The predicted octanol–water partition coefficient (Wildman–Crippen LogP) is 5.12. The van der Waals surface area contributed by atoms with E-state index in [1.54, 1.807) is 0 Å². The normalized spacial score (nSPS) is 35.1. The Morgan fingerprint density at radius 2 is 1.84 bits per heavy atom. The van der Waals surface area contributed by atoms with Gasteiger partial charge in [0.1, 0.15) is 0 Å². The summed E-state index contributed by atoms with van der Waals surface area (Å²) >= 11 is 0. The van der Waals surface area contributed by atoms with Crippen LogP contribution in [0.5, 0.6) is 0 Å². The van der Waals surface area contributed by atoms with Gasteiger partial charge in [-0.3, -0.25) is 5.01 Å². The van der Waals surface area contributed by atoms with Gasteiger partial charge in [-0.1, -0.05) is 53.5 Å². The van der Waals surface area contributed by atoms with E-state index in [1.807, 2.05) is 24.5 Å². The highest BCUT2D eigenvalue weighted by atomic mass is 16.7. The van der Waals surface area contributed by atoms with Gasteiger partial charge in [0.15, 0.2) is 0 Å². The first-order chi connectivity index (χ1) is 11.4. The number of allylic oxidation sites excluding steroid dienone is 1. The van der Waals surface area contributed by atoms with E-state index in [4.69, 9.17) is 9.31 Å². The Hall–Kier alpha value is -0.805. The van der Waals surface area contributed by atoms with E-state index in [0.29, 0.717) is 5.92 Å². The molecule has 0 saturated carbocycles. The Kier molecular flexibility index (Phi) is 5.52. The van der Waals surface area contributed by atoms with E-state index in [1.165, 1.54) is 0 Å². The van der Waals surface area contributed by atoms with Gasteiger partial charge in [-0.2, -0.15) is 5.10 Å². The van der Waals surface area contributed by atoms with Crippen LogP contribution in [0.1, 0.15) is 74.7 Å². The Morgan fingerprint density at radius 3 is 2.32 bits per heavy atom. The third kappa shape index (κ3) is 3.42. The van der Waals surface area contributed by atoms with Gasteiger partial charge in [0, 0.05) is 30.2 Å². The fraction of sp³-hybridized carbons (Fsp3) is 0.850. The first kappa shape index (κ1) is 20.5. The van der Waals surface area contributed by atoms with E-state index in [2.05, 4.69) is 66.6 Å². The van der Waals surface area contributed by atoms with Crippen molar-refractivity contribution in [2.45, 2.75) is 91.2 Å². The summed E-state index contributed by atoms with van der Waals surface area (Å²) in [5.74, 6) is 0.611. The van der Waals surface area contributed by atoms with Crippen molar-refractivity contribution in [1.29, 1.82) is 0 Å². The van der Waals surface area contributed by atoms with Gasteiger partial charge in [-0.25, -0.2) is 0 Å². The molecule has 0 amide bonds. The number of nitrogens with zero attached hydrogens (tertiary/aromatic N) is 2. The third-order valence-electron chi connectivity index (χ3n) is 7.11. The van der Waals surface area contributed by atoms with E-state index in [-0.39, 0.29) is 29.0 Å². The summed E-state index contributed by atoms with van der Waals surface area (Å²) in [5, 5.41) is 6.16. The molecule has 0 aromatic heterocycles. The Bertz CT molecular complexity index is 534. The van der Waals surface area contributed by atoms with Crippen molar-refractivity contribution in [2.75, 3.05) is 7.05 Å². The molecule has 0 aliphatic carbocycles. The molecule has 2 aliphatic rings. The fourth-order valence-electron chi connectivity index (χ4n) is 3.85. The second kappa shape index (κ2) is 6.73. The number of rotatable bonds is 6. The first-order valence-corrected chi connectivity index (χ1v) is 9.76. The fourth-order valence-corrected chi connectivity index (χ4v) is 3.85. The molecule has 0 spiro atoms. The minimum atomic E-state index is -0.319. The first-order valence-electron chi connectivity index (χ1n) is 9.76. The highest BCUT2D eigenvalue weighted by Crippen LogP contribution is 2.57. The molecule has 0 bridgehead atoms. The zero-order valence-electron chi connectivity index (χ0n) is 17.7. The van der Waals surface area contributed by atoms with Crippen molar-refractivity contribution in [2.24, 2.45) is 16.4 Å². The van der Waals surface area contributed by atoms with Gasteiger partial charge in [0.2, 0.25) is 0 Å². The molecule has 5 heteroatoms. The van der Waals surface area contributed by atoms with Crippen molar-refractivity contribution < 1.29 is 9.31 Å². The zero-order valence-corrected chi connectivity index (χ0v) is 17.7. The molecule has 142 valence electrons. The topological polar surface area (TPSA) is 34.1 Å². The lowest BCUT2D eigenvalue weighted by molar-refractivity contribution is -0.0257. The Labute approximate surface area is 155 Å². The van der Waals surface area contributed by atoms with Crippen LogP contribution in [0.25, 0.3) is 0 Å². The van der Waals surface area contributed by atoms with Gasteiger partial charge in [-0.05, 0) is 33.1 Å². The second-order valence-electron chi connectivity index (χ2n) is 9.21. The largest absolute Gasteiger partial charge is 0.465 e. The summed E-state index contributed by atoms with van der Waals surface area (Å²) in [6, 6.07) is 0. The van der Waals surface area contributed by atoms with Crippen LogP contribution in [0.15, 0.2) is 17.4 Å². The maximum Gasteiger partial charge on any atom is 0.465 e. The molecule has 2 aliphatic heterocycles. The highest BCUT2D eigenvalue weighted by Gasteiger charge is 2.63. The van der Waals surface area contributed by atoms with Crippen molar-refractivity contribution in [3.8, 4) is 0 Å². The molecule has 0 radical (unpaired) electrons. The van der Waals surface area contributed by atoms with Crippen LogP contribution >= 0.6 is 0 Å². The molecule has 1 fully saturated rings. The van der Waals surface area contributed by atoms with Crippen molar-refractivity contribution in [3.05, 3.63) is 12.3 Å². The predicted molar refractivity (Wildman–Crippen MR) is 107 cm³/mol. The standard InChI is InChI=1S/C20H37BN2O2/c1-10-16(3)14-20(8)17(4,5)24-21(25-20)19(7,11-2)18(6)12-13-23(9)22-15-18/h12-13,15-16H,10-11,14H2,1-9H3. The summed E-state index contributed by atoms with van der Waals surface area (Å²) in [7, 11) is 1.69. The number of hydrogen-bond donors (Lipinski definition) is 0. The quantitative estimate of drug-likeness (QED) is 0.625. The molecule has 0 aromatic rings. The minimum absolute atomic E-state index is 0.196. The Morgan fingerprint density at radius 1 is 1.20 bits per heavy atom. The van der Waals surface area contributed by atoms with Crippen molar-refractivity contribution in [3.63, 3.8) is 0 Å². The molecule has 0 N–H and O–H groups in total. The van der Waals surface area contributed by atoms with Gasteiger partial charge < -0.3 is 9.31 Å². The summed E-state index contributed by atoms with van der Waals surface area (Å²) in [6.07, 6.45) is 9.42. The molecule has 2 heterocycles. The van der Waals surface area contributed by atoms with Gasteiger partial charge in [-0.15, -0.1) is 0 Å². The van der Waals surface area contributed by atoms with E-state index in [0.717, 1.165) is 19.3 Å². The SMILES string of the molecule is CCC(C)CC1(C)OB(C(C)(CC)C2(C)C=CN(C)N=C2)OC1(C)C. The Balaban J connectivity index is 2.33. The lowest BCUT2D eigenvalue weighted by Crippen LogP contribution is -2.46. The number of hydrazone groups is 1. The summed E-state index contributed by atoms with van der Waals surface area (Å²) in [4.78, 5) is 0. The molecule has 4 atom stereocenters. The summed E-state index contributed by atoms with van der Waals surface area (Å²) in [5.41, 5.74) is -0.816. The van der Waals surface area contributed by atoms with Crippen LogP contribution in [-0.2, 0) is 9.31 Å². The van der Waals surface area contributed by atoms with Crippen LogP contribution in [0.3, 0.4) is 0 Å². The molecule has 0 aromatic carbocycles. The lowest BCUT2D eigenvalue weighted by atomic mass is 9.45. The van der Waals surface area contributed by atoms with Gasteiger partial charge >= 0.3 is 7.12 Å². The van der Waals surface area contributed by atoms with E-state index >= 15 is 0 Å². The molecule has 25 heavy (non-hydrogen) atoms. The molecule has 4 nitrogen and oxygen atoms in total. The maximum absolute atomic E-state index is 6.71. The second-order valence-corrected chi connectivity index (χ2v) is 9.21. The molecule has 2 rings (SSSR count). The van der Waals surface area contributed by atoms with Crippen molar-refractivity contribution in [1.82, 2.24) is 5.01 Å². The zero-order chi connectivity index (χ0) is 19.1. The van der Waals surface area contributed by atoms with Crippen LogP contribution in [0.2, 0.25) is 5.31 Å². The average Bonchev–Trinajstić information content (AvgIpc) is 2.79. The van der Waals surface area contributed by atoms with Crippen molar-refractivity contribution >= 4 is 13.3 Å². The molecular weight excluding hydrogens is 311 g/mol. The average molecular weight is 348 g/mol. The smallest absolute Gasteiger partial charge is 0.403 e. The molecular formula is C20H37BN2O2. The summed E-state index contributed by atoms with van der Waals surface area (Å²) < 4.78 is 13.3. The number of hydrogen-bond acceptors (Lipinski definition) is 4. The van der Waals surface area contributed by atoms with Gasteiger partial charge in [0.25, 0.3) is 0 Å². The van der Waals surface area contributed by atoms with Crippen LogP contribution < -0.4 is 0 Å². The monoisotopic (exact) mass is 348 g/mol. The van der Waals surface area contributed by atoms with E-state index < -0.39 is 0 Å². The maximum atomic E-state index is 6.71. The lowest BCUT2D eigenvalue weighted by Gasteiger charge is -2.44. The molecule has 4 unspecified atom stereocenters.